The second-order valence-electron chi connectivity index (χ2n) is 5.64. The molecule has 23 heavy (non-hydrogen) atoms. The van der Waals surface area contributed by atoms with Crippen molar-refractivity contribution in [2.24, 2.45) is 0 Å². The van der Waals surface area contributed by atoms with Gasteiger partial charge in [0.15, 0.2) is 0 Å². The molecule has 1 N–H and O–H groups in total. The van der Waals surface area contributed by atoms with Crippen molar-refractivity contribution in [1.82, 2.24) is 4.90 Å². The average Bonchev–Trinajstić information content (AvgIpc) is 2.55. The van der Waals surface area contributed by atoms with E-state index in [2.05, 4.69) is 0 Å². The molecule has 0 aliphatic carbocycles. The number of amides is 1. The Hall–Kier alpha value is -2.62. The van der Waals surface area contributed by atoms with E-state index in [4.69, 9.17) is 5.11 Å². The maximum Gasteiger partial charge on any atom is 0.323 e. The highest BCUT2D eigenvalue weighted by molar-refractivity contribution is 5.81. The van der Waals surface area contributed by atoms with Crippen LogP contribution in [0.2, 0.25) is 0 Å². The highest BCUT2D eigenvalue weighted by atomic mass is 16.4. The van der Waals surface area contributed by atoms with Crippen molar-refractivity contribution in [2.45, 2.75) is 18.8 Å². The van der Waals surface area contributed by atoms with Gasteiger partial charge in [0.25, 0.3) is 0 Å². The smallest absolute Gasteiger partial charge is 0.323 e. The molecule has 2 aromatic carbocycles. The molecule has 4 heteroatoms. The van der Waals surface area contributed by atoms with Gasteiger partial charge >= 0.3 is 5.97 Å². The normalized spacial score (nSPS) is 11.7. The highest BCUT2D eigenvalue weighted by Gasteiger charge is 2.20. The summed E-state index contributed by atoms with van der Waals surface area (Å²) in [5.41, 5.74) is 2.25. The van der Waals surface area contributed by atoms with E-state index < -0.39 is 5.97 Å². The van der Waals surface area contributed by atoms with Crippen molar-refractivity contribution < 1.29 is 14.7 Å². The molecule has 4 nitrogen and oxygen atoms in total. The molecule has 2 rings (SSSR count). The molecule has 0 fully saturated rings. The topological polar surface area (TPSA) is 57.6 Å². The summed E-state index contributed by atoms with van der Waals surface area (Å²) in [5.74, 6) is -1.13. The molecular weight excluding hydrogens is 290 g/mol. The number of carboxylic acid groups (broad SMARTS) is 1. The molecule has 0 aromatic heterocycles. The van der Waals surface area contributed by atoms with Crippen molar-refractivity contribution in [2.75, 3.05) is 13.6 Å². The Morgan fingerprint density at radius 1 is 1.00 bits per heavy atom. The van der Waals surface area contributed by atoms with Gasteiger partial charge in [0.05, 0.1) is 0 Å². The minimum absolute atomic E-state index is 0.0299. The summed E-state index contributed by atoms with van der Waals surface area (Å²) in [6, 6.07) is 19.9. The van der Waals surface area contributed by atoms with E-state index in [0.717, 1.165) is 17.5 Å². The van der Waals surface area contributed by atoms with E-state index in [9.17, 15) is 9.59 Å². The number of hydrogen-bond acceptors (Lipinski definition) is 2. The Balaban J connectivity index is 2.14. The number of carbonyl (C=O) groups is 2. The quantitative estimate of drug-likeness (QED) is 0.855. The third-order valence-corrected chi connectivity index (χ3v) is 3.82. The first-order chi connectivity index (χ1) is 11.1. The Labute approximate surface area is 136 Å². The molecule has 0 aliphatic rings. The molecule has 0 saturated carbocycles. The van der Waals surface area contributed by atoms with Gasteiger partial charge in [-0.2, -0.15) is 0 Å². The minimum Gasteiger partial charge on any atom is -0.480 e. The lowest BCUT2D eigenvalue weighted by Gasteiger charge is -2.21. The molecule has 0 spiro atoms. The number of benzene rings is 2. The summed E-state index contributed by atoms with van der Waals surface area (Å²) >= 11 is 0. The van der Waals surface area contributed by atoms with E-state index in [1.807, 2.05) is 60.7 Å². The van der Waals surface area contributed by atoms with E-state index >= 15 is 0 Å². The van der Waals surface area contributed by atoms with E-state index in [1.165, 1.54) is 11.9 Å². The lowest BCUT2D eigenvalue weighted by atomic mass is 9.89. The lowest BCUT2D eigenvalue weighted by Crippen LogP contribution is -2.33. The van der Waals surface area contributed by atoms with E-state index in [0.29, 0.717) is 6.42 Å². The van der Waals surface area contributed by atoms with E-state index in [1.54, 1.807) is 0 Å². The standard InChI is InChI=1S/C19H21NO3/c1-20(14-19(22)23)18(21)13-17(16-10-6-3-7-11-16)12-15-8-4-2-5-9-15/h2-11,17H,12-14H2,1H3,(H,22,23). The van der Waals surface area contributed by atoms with Crippen molar-refractivity contribution in [3.63, 3.8) is 0 Å². The molecule has 0 aliphatic heterocycles. The van der Waals surface area contributed by atoms with Gasteiger partial charge in [-0.05, 0) is 23.5 Å². The molecule has 0 radical (unpaired) electrons. The van der Waals surface area contributed by atoms with Crippen LogP contribution in [0.3, 0.4) is 0 Å². The highest BCUT2D eigenvalue weighted by Crippen LogP contribution is 2.25. The lowest BCUT2D eigenvalue weighted by molar-refractivity contribution is -0.143. The number of rotatable bonds is 7. The van der Waals surface area contributed by atoms with Crippen molar-refractivity contribution in [1.29, 1.82) is 0 Å². The van der Waals surface area contributed by atoms with Crippen LogP contribution < -0.4 is 0 Å². The van der Waals surface area contributed by atoms with Gasteiger partial charge in [0.1, 0.15) is 6.54 Å². The van der Waals surface area contributed by atoms with Crippen molar-refractivity contribution in [3.05, 3.63) is 71.8 Å². The van der Waals surface area contributed by atoms with Crippen LogP contribution in [0.15, 0.2) is 60.7 Å². The van der Waals surface area contributed by atoms with Crippen LogP contribution in [0.25, 0.3) is 0 Å². The van der Waals surface area contributed by atoms with Gasteiger partial charge < -0.3 is 10.0 Å². The Morgan fingerprint density at radius 2 is 1.57 bits per heavy atom. The second kappa shape index (κ2) is 8.13. The largest absolute Gasteiger partial charge is 0.480 e. The SMILES string of the molecule is CN(CC(=O)O)C(=O)CC(Cc1ccccc1)c1ccccc1. The second-order valence-corrected chi connectivity index (χ2v) is 5.64. The first kappa shape index (κ1) is 16.7. The summed E-state index contributed by atoms with van der Waals surface area (Å²) in [6.45, 7) is -0.272. The third kappa shape index (κ3) is 5.25. The third-order valence-electron chi connectivity index (χ3n) is 3.82. The number of carbonyl (C=O) groups excluding carboxylic acids is 1. The zero-order valence-corrected chi connectivity index (χ0v) is 13.2. The molecule has 1 atom stereocenters. The zero-order chi connectivity index (χ0) is 16.7. The molecular formula is C19H21NO3. The number of likely N-dealkylation sites (N-methyl/N-ethyl adjacent to an activating group) is 1. The molecule has 0 saturated heterocycles. The fourth-order valence-corrected chi connectivity index (χ4v) is 2.59. The van der Waals surface area contributed by atoms with Crippen LogP contribution in [-0.2, 0) is 16.0 Å². The number of carboxylic acids is 1. The first-order valence-corrected chi connectivity index (χ1v) is 7.61. The maximum absolute atomic E-state index is 12.3. The van der Waals surface area contributed by atoms with Crippen molar-refractivity contribution in [3.8, 4) is 0 Å². The van der Waals surface area contributed by atoms with Gasteiger partial charge in [0, 0.05) is 13.5 Å². The Kier molecular flexibility index (Phi) is 5.92. The number of hydrogen-bond donors (Lipinski definition) is 1. The van der Waals surface area contributed by atoms with Gasteiger partial charge in [-0.1, -0.05) is 60.7 Å². The fourth-order valence-electron chi connectivity index (χ4n) is 2.59. The van der Waals surface area contributed by atoms with Crippen LogP contribution in [0.1, 0.15) is 23.5 Å². The predicted molar refractivity (Wildman–Crippen MR) is 89.2 cm³/mol. The Morgan fingerprint density at radius 3 is 2.13 bits per heavy atom. The van der Waals surface area contributed by atoms with Crippen LogP contribution in [0, 0.1) is 0 Å². The number of nitrogens with zero attached hydrogens (tertiary/aromatic N) is 1. The van der Waals surface area contributed by atoms with Crippen LogP contribution >= 0.6 is 0 Å². The monoisotopic (exact) mass is 311 g/mol. The fraction of sp³-hybridized carbons (Fsp3) is 0.263. The Bertz CT molecular complexity index is 640. The summed E-state index contributed by atoms with van der Waals surface area (Å²) < 4.78 is 0. The van der Waals surface area contributed by atoms with Gasteiger partial charge in [-0.15, -0.1) is 0 Å². The van der Waals surface area contributed by atoms with Gasteiger partial charge in [-0.3, -0.25) is 9.59 Å². The van der Waals surface area contributed by atoms with Gasteiger partial charge in [0.2, 0.25) is 5.91 Å². The predicted octanol–water partition coefficient (Wildman–Crippen LogP) is 2.95. The van der Waals surface area contributed by atoms with Crippen LogP contribution in [0.4, 0.5) is 0 Å². The summed E-state index contributed by atoms with van der Waals surface area (Å²) in [4.78, 5) is 24.3. The van der Waals surface area contributed by atoms with Crippen LogP contribution in [-0.4, -0.2) is 35.5 Å². The minimum atomic E-state index is -1.000. The summed E-state index contributed by atoms with van der Waals surface area (Å²) in [7, 11) is 1.53. The summed E-state index contributed by atoms with van der Waals surface area (Å²) in [6.07, 6.45) is 1.04. The van der Waals surface area contributed by atoms with Gasteiger partial charge in [-0.25, -0.2) is 0 Å². The molecule has 2 aromatic rings. The van der Waals surface area contributed by atoms with E-state index in [-0.39, 0.29) is 18.4 Å². The molecule has 120 valence electrons. The molecule has 1 amide bonds. The molecule has 0 bridgehead atoms. The van der Waals surface area contributed by atoms with Crippen molar-refractivity contribution >= 4 is 11.9 Å². The molecule has 1 unspecified atom stereocenters. The number of aliphatic carboxylic acids is 1. The molecule has 0 heterocycles. The zero-order valence-electron chi connectivity index (χ0n) is 13.2. The van der Waals surface area contributed by atoms with Crippen LogP contribution in [0.5, 0.6) is 0 Å². The first-order valence-electron chi connectivity index (χ1n) is 7.61. The average molecular weight is 311 g/mol. The summed E-state index contributed by atoms with van der Waals surface area (Å²) in [5, 5.41) is 8.83. The maximum atomic E-state index is 12.3.